The quantitative estimate of drug-likeness (QED) is 0.396. The highest BCUT2D eigenvalue weighted by molar-refractivity contribution is 7.71. The monoisotopic (exact) mass is 514 g/mol. The van der Waals surface area contributed by atoms with Crippen molar-refractivity contribution in [1.29, 1.82) is 0 Å². The first-order valence-corrected chi connectivity index (χ1v) is 11.7. The van der Waals surface area contributed by atoms with E-state index in [1.54, 1.807) is 31.4 Å². The van der Waals surface area contributed by atoms with Crippen LogP contribution in [0, 0.1) is 4.77 Å². The van der Waals surface area contributed by atoms with Crippen LogP contribution < -0.4 is 19.8 Å². The first kappa shape index (κ1) is 23.4. The van der Waals surface area contributed by atoms with Crippen LogP contribution in [0.2, 0.25) is 5.02 Å². The fraction of sp³-hybridized carbons (Fsp3) is 0.292. The second-order valence-electron chi connectivity index (χ2n) is 8.27. The zero-order valence-corrected chi connectivity index (χ0v) is 20.7. The molecule has 182 valence electrons. The van der Waals surface area contributed by atoms with Gasteiger partial charge in [-0.3, -0.25) is 24.2 Å². The number of fused-ring (bicyclic) bond motifs is 2. The molecular weight excluding hydrogens is 492 g/mol. The van der Waals surface area contributed by atoms with Gasteiger partial charge < -0.3 is 19.3 Å². The van der Waals surface area contributed by atoms with Gasteiger partial charge in [-0.15, -0.1) is 0 Å². The van der Waals surface area contributed by atoms with E-state index in [-0.39, 0.29) is 29.0 Å². The first-order valence-electron chi connectivity index (χ1n) is 10.9. The molecule has 0 spiro atoms. The number of hydrogen-bond acceptors (Lipinski definition) is 8. The lowest BCUT2D eigenvalue weighted by atomic mass is 9.91. The summed E-state index contributed by atoms with van der Waals surface area (Å²) < 4.78 is 18.4. The Balaban J connectivity index is 1.50. The molecule has 5 rings (SSSR count). The third-order valence-electron chi connectivity index (χ3n) is 6.25. The molecule has 1 aromatic heterocycles. The van der Waals surface area contributed by atoms with Crippen LogP contribution >= 0.6 is 23.8 Å². The molecule has 35 heavy (non-hydrogen) atoms. The van der Waals surface area contributed by atoms with Gasteiger partial charge in [0.1, 0.15) is 5.56 Å². The number of ether oxygens (including phenoxy) is 3. The number of H-pyrrole nitrogens is 1. The molecule has 2 aliphatic rings. The highest BCUT2D eigenvalue weighted by Crippen LogP contribution is 2.49. The largest absolute Gasteiger partial charge is 0.494 e. The summed E-state index contributed by atoms with van der Waals surface area (Å²) in [5, 5.41) is 11.4. The maximum absolute atomic E-state index is 12.6. The summed E-state index contributed by atoms with van der Waals surface area (Å²) in [6.45, 7) is 1.31. The van der Waals surface area contributed by atoms with Crippen LogP contribution in [0.4, 0.5) is 0 Å². The lowest BCUT2D eigenvalue weighted by Gasteiger charge is -2.35. The van der Waals surface area contributed by atoms with E-state index in [2.05, 4.69) is 14.9 Å². The Morgan fingerprint density at radius 3 is 2.86 bits per heavy atom. The van der Waals surface area contributed by atoms with Crippen molar-refractivity contribution in [2.75, 3.05) is 34.0 Å². The van der Waals surface area contributed by atoms with Gasteiger partial charge >= 0.3 is 0 Å². The summed E-state index contributed by atoms with van der Waals surface area (Å²) in [7, 11) is 3.62. The zero-order chi connectivity index (χ0) is 24.7. The molecule has 0 saturated heterocycles. The Morgan fingerprint density at radius 2 is 2.11 bits per heavy atom. The van der Waals surface area contributed by atoms with Crippen molar-refractivity contribution < 1.29 is 19.3 Å². The van der Waals surface area contributed by atoms with Crippen molar-refractivity contribution in [1.82, 2.24) is 14.5 Å². The smallest absolute Gasteiger partial charge is 0.264 e. The second-order valence-corrected chi connectivity index (χ2v) is 9.09. The highest BCUT2D eigenvalue weighted by Gasteiger charge is 2.33. The Labute approximate surface area is 211 Å². The van der Waals surface area contributed by atoms with Crippen LogP contribution in [-0.2, 0) is 6.42 Å². The minimum atomic E-state index is -0.528. The maximum atomic E-state index is 12.6. The van der Waals surface area contributed by atoms with Crippen LogP contribution in [0.1, 0.15) is 22.7 Å². The summed E-state index contributed by atoms with van der Waals surface area (Å²) in [5.41, 5.74) is 2.13. The fourth-order valence-corrected chi connectivity index (χ4v) is 4.89. The van der Waals surface area contributed by atoms with E-state index in [1.807, 2.05) is 13.1 Å². The number of benzene rings is 2. The number of aliphatic imine (C=N–C) groups is 1. The van der Waals surface area contributed by atoms with Crippen LogP contribution in [0.25, 0.3) is 5.69 Å². The molecular formula is C24H23ClN4O5S. The zero-order valence-electron chi connectivity index (χ0n) is 19.1. The molecule has 3 aromatic rings. The summed E-state index contributed by atoms with van der Waals surface area (Å²) in [6.07, 6.45) is 2.21. The molecule has 0 fully saturated rings. The van der Waals surface area contributed by atoms with E-state index >= 15 is 0 Å². The van der Waals surface area contributed by atoms with E-state index in [0.717, 1.165) is 24.1 Å². The summed E-state index contributed by atoms with van der Waals surface area (Å²) in [4.78, 5) is 21.9. The Bertz CT molecular complexity index is 1430. The Morgan fingerprint density at radius 1 is 1.34 bits per heavy atom. The summed E-state index contributed by atoms with van der Waals surface area (Å²) >= 11 is 11.2. The number of aromatic amines is 1. The number of aromatic nitrogens is 2. The van der Waals surface area contributed by atoms with E-state index < -0.39 is 5.56 Å². The van der Waals surface area contributed by atoms with Crippen molar-refractivity contribution in [3.8, 4) is 28.8 Å². The molecule has 3 heterocycles. The predicted molar refractivity (Wildman–Crippen MR) is 135 cm³/mol. The topological polar surface area (TPSA) is 101 Å². The molecule has 2 aromatic carbocycles. The van der Waals surface area contributed by atoms with Crippen molar-refractivity contribution in [3.63, 3.8) is 0 Å². The van der Waals surface area contributed by atoms with Crippen molar-refractivity contribution in [2.24, 2.45) is 4.99 Å². The third kappa shape index (κ3) is 4.18. The molecule has 0 saturated carbocycles. The highest BCUT2D eigenvalue weighted by atomic mass is 35.5. The fourth-order valence-electron chi connectivity index (χ4n) is 4.48. The number of methoxy groups -OCH3 is 1. The lowest BCUT2D eigenvalue weighted by Crippen LogP contribution is -2.34. The number of likely N-dealkylation sites (N-methyl/N-ethyl adjacent to an activating group) is 1. The lowest BCUT2D eigenvalue weighted by molar-refractivity contribution is 0.170. The number of aromatic hydroxyl groups is 1. The SMILES string of the molecule is COc1c2c(cc3c1[C@H](CN=Cc1c(O)n(-c4ccc(Cl)cc4)c(=S)[nH]c1=O)N(C)CC3)OCO2. The van der Waals surface area contributed by atoms with Gasteiger partial charge in [0.15, 0.2) is 16.3 Å². The van der Waals surface area contributed by atoms with Crippen LogP contribution in [0.15, 0.2) is 40.1 Å². The molecule has 0 amide bonds. The molecule has 0 unspecified atom stereocenters. The van der Waals surface area contributed by atoms with Gasteiger partial charge in [0, 0.05) is 23.3 Å². The van der Waals surface area contributed by atoms with Gasteiger partial charge in [0.2, 0.25) is 18.4 Å². The maximum Gasteiger partial charge on any atom is 0.264 e. The van der Waals surface area contributed by atoms with E-state index in [1.165, 1.54) is 10.8 Å². The van der Waals surface area contributed by atoms with Gasteiger partial charge in [0.25, 0.3) is 5.56 Å². The number of hydrogen-bond donors (Lipinski definition) is 2. The Hall–Kier alpha value is -3.34. The standard InChI is InChI=1S/C24H23ClN4O5S/c1-28-8-7-13-9-18-20(34-12-33-18)21(32-2)19(13)17(28)11-26-10-16-22(30)27-24(35)29(23(16)31)15-5-3-14(25)4-6-15/h3-6,9-10,17,31H,7-8,11-12H2,1-2H3,(H,27,30,35)/t17-/m0/s1. The molecule has 2 N–H and O–H groups in total. The summed E-state index contributed by atoms with van der Waals surface area (Å²) in [6, 6.07) is 8.61. The van der Waals surface area contributed by atoms with Gasteiger partial charge in [-0.1, -0.05) is 11.6 Å². The molecule has 0 aliphatic carbocycles. The molecule has 0 radical (unpaired) electrons. The van der Waals surface area contributed by atoms with E-state index in [0.29, 0.717) is 34.5 Å². The van der Waals surface area contributed by atoms with Crippen molar-refractivity contribution in [3.05, 3.63) is 67.2 Å². The third-order valence-corrected chi connectivity index (χ3v) is 6.79. The predicted octanol–water partition coefficient (Wildman–Crippen LogP) is 3.64. The first-order chi connectivity index (χ1) is 16.9. The van der Waals surface area contributed by atoms with Gasteiger partial charge in [-0.25, -0.2) is 0 Å². The molecule has 0 bridgehead atoms. The average Bonchev–Trinajstić information content (AvgIpc) is 3.30. The minimum absolute atomic E-state index is 0.00453. The average molecular weight is 515 g/mol. The van der Waals surface area contributed by atoms with Crippen LogP contribution in [0.5, 0.6) is 23.1 Å². The normalized spacial score (nSPS) is 17.1. The number of nitrogens with one attached hydrogen (secondary N) is 1. The van der Waals surface area contributed by atoms with Gasteiger partial charge in [-0.05, 0) is 61.6 Å². The molecule has 1 atom stereocenters. The second kappa shape index (κ2) is 9.37. The van der Waals surface area contributed by atoms with E-state index in [4.69, 9.17) is 38.0 Å². The van der Waals surface area contributed by atoms with Crippen molar-refractivity contribution in [2.45, 2.75) is 12.5 Å². The summed E-state index contributed by atoms with van der Waals surface area (Å²) in [5.74, 6) is 1.61. The Kier molecular flexibility index (Phi) is 6.26. The van der Waals surface area contributed by atoms with E-state index in [9.17, 15) is 9.90 Å². The van der Waals surface area contributed by atoms with Crippen LogP contribution in [0.3, 0.4) is 0 Å². The number of nitrogens with zero attached hydrogens (tertiary/aromatic N) is 3. The van der Waals surface area contributed by atoms with Gasteiger partial charge in [0.05, 0.1) is 25.4 Å². The molecule has 2 aliphatic heterocycles. The number of rotatable bonds is 5. The van der Waals surface area contributed by atoms with Crippen molar-refractivity contribution >= 4 is 30.0 Å². The molecule has 11 heteroatoms. The molecule has 9 nitrogen and oxygen atoms in total. The van der Waals surface area contributed by atoms with Crippen LogP contribution in [-0.4, -0.2) is 59.8 Å². The minimum Gasteiger partial charge on any atom is -0.494 e. The number of halogens is 1. The van der Waals surface area contributed by atoms with Gasteiger partial charge in [-0.2, -0.15) is 0 Å².